The fraction of sp³-hybridized carbons (Fsp3) is 0.200. The van der Waals surface area contributed by atoms with Crippen LogP contribution in [0.3, 0.4) is 0 Å². The number of carbonyl (C=O) groups excluding carboxylic acids is 2. The number of rotatable bonds is 2. The van der Waals surface area contributed by atoms with Crippen molar-refractivity contribution < 1.29 is 18.7 Å². The number of ether oxygens (including phenoxy) is 1. The van der Waals surface area contributed by atoms with E-state index in [0.717, 1.165) is 7.11 Å². The summed E-state index contributed by atoms with van der Waals surface area (Å²) in [5.41, 5.74) is 0.102. The molecule has 0 bridgehead atoms. The van der Waals surface area contributed by atoms with Crippen LogP contribution < -0.4 is 0 Å². The molecule has 0 fully saturated rings. The Labute approximate surface area is 99.8 Å². The van der Waals surface area contributed by atoms with Crippen LogP contribution in [0.15, 0.2) is 12.1 Å². The molecular formula is C10H8FIO3. The van der Waals surface area contributed by atoms with Crippen molar-refractivity contribution in [1.29, 1.82) is 0 Å². The summed E-state index contributed by atoms with van der Waals surface area (Å²) in [7, 11) is 1.08. The van der Waals surface area contributed by atoms with E-state index in [-0.39, 0.29) is 5.56 Å². The molecule has 1 rings (SSSR count). The van der Waals surface area contributed by atoms with Crippen LogP contribution in [0.25, 0.3) is 0 Å². The Bertz CT molecular complexity index is 429. The summed E-state index contributed by atoms with van der Waals surface area (Å²) in [5, 5.41) is 0. The first-order chi connectivity index (χ1) is 6.99. The van der Waals surface area contributed by atoms with E-state index in [2.05, 4.69) is 4.74 Å². The monoisotopic (exact) mass is 322 g/mol. The van der Waals surface area contributed by atoms with Gasteiger partial charge in [0.1, 0.15) is 5.82 Å². The molecule has 0 spiro atoms. The van der Waals surface area contributed by atoms with E-state index in [1.807, 2.05) is 0 Å². The molecule has 15 heavy (non-hydrogen) atoms. The summed E-state index contributed by atoms with van der Waals surface area (Å²) >= 11 is 1.80. The highest BCUT2D eigenvalue weighted by Crippen LogP contribution is 2.20. The molecule has 0 aliphatic carbocycles. The van der Waals surface area contributed by atoms with E-state index >= 15 is 0 Å². The topological polar surface area (TPSA) is 43.4 Å². The highest BCUT2D eigenvalue weighted by molar-refractivity contribution is 14.1. The summed E-state index contributed by atoms with van der Waals surface area (Å²) in [6.07, 6.45) is 0. The van der Waals surface area contributed by atoms with Crippen molar-refractivity contribution in [2.24, 2.45) is 0 Å². The number of aryl methyl sites for hydroxylation is 1. The number of ketones is 1. The van der Waals surface area contributed by atoms with E-state index in [1.165, 1.54) is 6.92 Å². The number of hydrogen-bond donors (Lipinski definition) is 0. The molecule has 0 heterocycles. The van der Waals surface area contributed by atoms with Crippen LogP contribution in [0.5, 0.6) is 0 Å². The van der Waals surface area contributed by atoms with E-state index in [4.69, 9.17) is 0 Å². The quantitative estimate of drug-likeness (QED) is 0.362. The molecule has 1 aromatic carbocycles. The number of methoxy groups -OCH3 is 1. The zero-order chi connectivity index (χ0) is 11.6. The summed E-state index contributed by atoms with van der Waals surface area (Å²) in [5.74, 6) is -2.68. The maximum absolute atomic E-state index is 13.6. The Morgan fingerprint density at radius 2 is 2.00 bits per heavy atom. The second kappa shape index (κ2) is 4.69. The highest BCUT2D eigenvalue weighted by Gasteiger charge is 2.24. The average molecular weight is 322 g/mol. The van der Waals surface area contributed by atoms with Gasteiger partial charge in [0.15, 0.2) is 0 Å². The zero-order valence-corrected chi connectivity index (χ0v) is 10.3. The molecule has 0 unspecified atom stereocenters. The lowest BCUT2D eigenvalue weighted by molar-refractivity contribution is -0.135. The van der Waals surface area contributed by atoms with Gasteiger partial charge in [-0.25, -0.2) is 9.18 Å². The van der Waals surface area contributed by atoms with Crippen LogP contribution in [0.2, 0.25) is 0 Å². The summed E-state index contributed by atoms with van der Waals surface area (Å²) in [6.45, 7) is 1.53. The van der Waals surface area contributed by atoms with Gasteiger partial charge in [-0.1, -0.05) is 6.07 Å². The smallest absolute Gasteiger partial charge is 0.379 e. The number of carbonyl (C=O) groups is 2. The van der Waals surface area contributed by atoms with Crippen molar-refractivity contribution >= 4 is 34.3 Å². The number of benzene rings is 1. The van der Waals surface area contributed by atoms with Crippen molar-refractivity contribution in [3.05, 3.63) is 32.6 Å². The first-order valence-corrected chi connectivity index (χ1v) is 5.14. The van der Waals surface area contributed by atoms with Crippen LogP contribution in [0.1, 0.15) is 15.9 Å². The lowest BCUT2D eigenvalue weighted by Gasteiger charge is -2.05. The molecule has 0 aliphatic heterocycles. The maximum Gasteiger partial charge on any atom is 0.379 e. The second-order valence-corrected chi connectivity index (χ2v) is 4.04. The Morgan fingerprint density at radius 1 is 1.40 bits per heavy atom. The molecule has 0 aliphatic rings. The van der Waals surface area contributed by atoms with Gasteiger partial charge in [0.25, 0.3) is 5.78 Å². The molecule has 0 saturated carbocycles. The Kier molecular flexibility index (Phi) is 3.78. The first-order valence-electron chi connectivity index (χ1n) is 4.06. The van der Waals surface area contributed by atoms with E-state index in [9.17, 15) is 14.0 Å². The van der Waals surface area contributed by atoms with Crippen molar-refractivity contribution in [3.63, 3.8) is 0 Å². The van der Waals surface area contributed by atoms with Gasteiger partial charge in [0.2, 0.25) is 0 Å². The highest BCUT2D eigenvalue weighted by atomic mass is 127. The molecule has 0 radical (unpaired) electrons. The van der Waals surface area contributed by atoms with Crippen molar-refractivity contribution in [1.82, 2.24) is 0 Å². The van der Waals surface area contributed by atoms with Gasteiger partial charge in [0.05, 0.1) is 12.7 Å². The standard InChI is InChI=1S/C10H8FIO3/c1-5-3-4-6(12)7(8(5)11)9(13)10(14)15-2/h3-4H,1-2H3. The maximum atomic E-state index is 13.6. The fourth-order valence-corrected chi connectivity index (χ4v) is 1.72. The van der Waals surface area contributed by atoms with Crippen LogP contribution in [0, 0.1) is 16.3 Å². The Hall–Kier alpha value is -0.980. The van der Waals surface area contributed by atoms with Crippen molar-refractivity contribution in [2.75, 3.05) is 7.11 Å². The second-order valence-electron chi connectivity index (χ2n) is 2.87. The van der Waals surface area contributed by atoms with Crippen LogP contribution >= 0.6 is 22.6 Å². The number of esters is 1. The predicted molar refractivity (Wildman–Crippen MR) is 60.2 cm³/mol. The van der Waals surface area contributed by atoms with Gasteiger partial charge < -0.3 is 4.74 Å². The predicted octanol–water partition coefficient (Wildman–Crippen LogP) is 2.09. The SMILES string of the molecule is COC(=O)C(=O)c1c(I)ccc(C)c1F. The Morgan fingerprint density at radius 3 is 2.53 bits per heavy atom. The molecule has 5 heteroatoms. The molecule has 0 N–H and O–H groups in total. The van der Waals surface area contributed by atoms with Gasteiger partial charge in [-0.05, 0) is 41.1 Å². The first kappa shape index (κ1) is 12.1. The summed E-state index contributed by atoms with van der Waals surface area (Å²) in [6, 6.07) is 3.13. The van der Waals surface area contributed by atoms with Crippen molar-refractivity contribution in [3.8, 4) is 0 Å². The van der Waals surface area contributed by atoms with Gasteiger partial charge >= 0.3 is 5.97 Å². The molecule has 0 atom stereocenters. The van der Waals surface area contributed by atoms with Gasteiger partial charge in [0, 0.05) is 3.57 Å². The normalized spacial score (nSPS) is 9.87. The largest absolute Gasteiger partial charge is 0.463 e. The molecular weight excluding hydrogens is 314 g/mol. The third kappa shape index (κ3) is 2.34. The van der Waals surface area contributed by atoms with Crippen molar-refractivity contribution in [2.45, 2.75) is 6.92 Å². The minimum atomic E-state index is -1.06. The minimum absolute atomic E-state index is 0.220. The van der Waals surface area contributed by atoms with Crippen LogP contribution in [0.4, 0.5) is 4.39 Å². The lowest BCUT2D eigenvalue weighted by Crippen LogP contribution is -2.19. The molecule has 1 aromatic rings. The van der Waals surface area contributed by atoms with Gasteiger partial charge in [-0.3, -0.25) is 4.79 Å². The Balaban J connectivity index is 3.31. The fourth-order valence-electron chi connectivity index (χ4n) is 1.06. The van der Waals surface area contributed by atoms with Crippen LogP contribution in [-0.2, 0) is 9.53 Å². The molecule has 0 aromatic heterocycles. The lowest BCUT2D eigenvalue weighted by atomic mass is 10.1. The van der Waals surface area contributed by atoms with Gasteiger partial charge in [-0.15, -0.1) is 0 Å². The molecule has 3 nitrogen and oxygen atoms in total. The van der Waals surface area contributed by atoms with E-state index in [0.29, 0.717) is 9.13 Å². The number of hydrogen-bond acceptors (Lipinski definition) is 3. The van der Waals surface area contributed by atoms with Crippen LogP contribution in [-0.4, -0.2) is 18.9 Å². The molecule has 0 amide bonds. The zero-order valence-electron chi connectivity index (χ0n) is 8.14. The van der Waals surface area contributed by atoms with Gasteiger partial charge in [-0.2, -0.15) is 0 Å². The summed E-state index contributed by atoms with van der Waals surface area (Å²) in [4.78, 5) is 22.4. The minimum Gasteiger partial charge on any atom is -0.463 e. The van der Waals surface area contributed by atoms with E-state index in [1.54, 1.807) is 34.7 Å². The third-order valence-electron chi connectivity index (χ3n) is 1.88. The average Bonchev–Trinajstić information content (AvgIpc) is 2.22. The summed E-state index contributed by atoms with van der Waals surface area (Å²) < 4.78 is 18.2. The number of halogens is 2. The molecule has 80 valence electrons. The third-order valence-corrected chi connectivity index (χ3v) is 2.78. The number of Topliss-reactive ketones (excluding diaryl/α,β-unsaturated/α-hetero) is 1. The van der Waals surface area contributed by atoms with E-state index < -0.39 is 17.6 Å². The molecule has 0 saturated heterocycles.